The van der Waals surface area contributed by atoms with E-state index < -0.39 is 0 Å². The molecule has 0 radical (unpaired) electrons. The number of benzene rings is 1. The van der Waals surface area contributed by atoms with E-state index in [0.29, 0.717) is 5.02 Å². The highest BCUT2D eigenvalue weighted by atomic mass is 35.5. The monoisotopic (exact) mass is 249 g/mol. The van der Waals surface area contributed by atoms with Gasteiger partial charge in [0.15, 0.2) is 0 Å². The molecule has 0 fully saturated rings. The molecule has 2 aromatic rings. The molecule has 1 atom stereocenters. The summed E-state index contributed by atoms with van der Waals surface area (Å²) in [5.41, 5.74) is 10.1. The molecule has 0 spiro atoms. The molecule has 0 saturated heterocycles. The van der Waals surface area contributed by atoms with Crippen LogP contribution in [-0.2, 0) is 7.05 Å². The minimum atomic E-state index is -0.0495. The molecule has 0 aliphatic rings. The highest BCUT2D eigenvalue weighted by molar-refractivity contribution is 6.31. The fourth-order valence-electron chi connectivity index (χ4n) is 1.85. The van der Waals surface area contributed by atoms with Gasteiger partial charge in [-0.15, -0.1) is 0 Å². The van der Waals surface area contributed by atoms with Crippen molar-refractivity contribution in [2.45, 2.75) is 19.9 Å². The summed E-state index contributed by atoms with van der Waals surface area (Å²) in [6.07, 6.45) is 1.85. The minimum absolute atomic E-state index is 0.0495. The lowest BCUT2D eigenvalue weighted by molar-refractivity contribution is 0.740. The van der Waals surface area contributed by atoms with Gasteiger partial charge in [-0.05, 0) is 31.0 Å². The van der Waals surface area contributed by atoms with Crippen molar-refractivity contribution in [2.75, 3.05) is 0 Å². The van der Waals surface area contributed by atoms with Crippen molar-refractivity contribution >= 4 is 11.6 Å². The Bertz CT molecular complexity index is 544. The molecule has 4 heteroatoms. The highest BCUT2D eigenvalue weighted by Gasteiger charge is 2.10. The minimum Gasteiger partial charge on any atom is -0.324 e. The van der Waals surface area contributed by atoms with Crippen LogP contribution in [0.2, 0.25) is 5.02 Å². The normalized spacial score (nSPS) is 12.8. The van der Waals surface area contributed by atoms with Gasteiger partial charge in [-0.1, -0.05) is 23.7 Å². The topological polar surface area (TPSA) is 43.8 Å². The van der Waals surface area contributed by atoms with Gasteiger partial charge < -0.3 is 5.73 Å². The summed E-state index contributed by atoms with van der Waals surface area (Å²) >= 11 is 6.23. The zero-order valence-corrected chi connectivity index (χ0v) is 11.0. The first-order chi connectivity index (χ1) is 8.00. The van der Waals surface area contributed by atoms with E-state index in [1.807, 2.05) is 50.0 Å². The summed E-state index contributed by atoms with van der Waals surface area (Å²) in [6, 6.07) is 5.92. The predicted octanol–water partition coefficient (Wildman–Crippen LogP) is 3.07. The summed E-state index contributed by atoms with van der Waals surface area (Å²) in [5.74, 6) is 0. The molecule has 0 aliphatic heterocycles. The Balaban J connectivity index is 2.48. The number of aryl methyl sites for hydroxylation is 1. The fourth-order valence-corrected chi connectivity index (χ4v) is 2.20. The van der Waals surface area contributed by atoms with E-state index in [1.165, 1.54) is 0 Å². The fraction of sp³-hybridized carbons (Fsp3) is 0.308. The molecule has 0 saturated carbocycles. The van der Waals surface area contributed by atoms with Gasteiger partial charge in [0.1, 0.15) is 0 Å². The Labute approximate surface area is 106 Å². The zero-order valence-electron chi connectivity index (χ0n) is 10.2. The molecule has 1 unspecified atom stereocenters. The standard InChI is InChI=1S/C13H16ClN3/c1-8(15)11-5-4-10(6-13(11)14)12-7-16-17(3)9(12)2/h4-8H,15H2,1-3H3. The van der Waals surface area contributed by atoms with E-state index in [0.717, 1.165) is 22.4 Å². The average molecular weight is 250 g/mol. The van der Waals surface area contributed by atoms with Crippen LogP contribution < -0.4 is 5.73 Å². The maximum atomic E-state index is 6.23. The van der Waals surface area contributed by atoms with Crippen LogP contribution in [0.1, 0.15) is 24.2 Å². The Morgan fingerprint density at radius 3 is 2.59 bits per heavy atom. The van der Waals surface area contributed by atoms with Crippen LogP contribution in [0.25, 0.3) is 11.1 Å². The molecule has 0 aliphatic carbocycles. The first kappa shape index (κ1) is 12.1. The Hall–Kier alpha value is -1.32. The van der Waals surface area contributed by atoms with Crippen LogP contribution in [0.5, 0.6) is 0 Å². The zero-order chi connectivity index (χ0) is 12.6. The Morgan fingerprint density at radius 1 is 1.41 bits per heavy atom. The number of aromatic nitrogens is 2. The van der Waals surface area contributed by atoms with Gasteiger partial charge in [0, 0.05) is 29.4 Å². The Morgan fingerprint density at radius 2 is 2.12 bits per heavy atom. The third-order valence-electron chi connectivity index (χ3n) is 3.04. The van der Waals surface area contributed by atoms with Crippen LogP contribution in [0.15, 0.2) is 24.4 Å². The van der Waals surface area contributed by atoms with Crippen LogP contribution in [0, 0.1) is 6.92 Å². The molecule has 1 heterocycles. The van der Waals surface area contributed by atoms with Crippen molar-refractivity contribution in [2.24, 2.45) is 12.8 Å². The van der Waals surface area contributed by atoms with E-state index in [4.69, 9.17) is 17.3 Å². The van der Waals surface area contributed by atoms with E-state index >= 15 is 0 Å². The molecule has 2 rings (SSSR count). The lowest BCUT2D eigenvalue weighted by Crippen LogP contribution is -2.05. The summed E-state index contributed by atoms with van der Waals surface area (Å²) < 4.78 is 1.85. The average Bonchev–Trinajstić information content (AvgIpc) is 2.59. The summed E-state index contributed by atoms with van der Waals surface area (Å²) in [7, 11) is 1.93. The van der Waals surface area contributed by atoms with Gasteiger partial charge in [0.25, 0.3) is 0 Å². The molecular formula is C13H16ClN3. The SMILES string of the molecule is Cc1c(-c2ccc(C(C)N)c(Cl)c2)cnn1C. The summed E-state index contributed by atoms with van der Waals surface area (Å²) in [6.45, 7) is 3.96. The van der Waals surface area contributed by atoms with E-state index in [2.05, 4.69) is 5.10 Å². The highest BCUT2D eigenvalue weighted by Crippen LogP contribution is 2.29. The molecule has 17 heavy (non-hydrogen) atoms. The second kappa shape index (κ2) is 4.51. The number of hydrogen-bond donors (Lipinski definition) is 1. The van der Waals surface area contributed by atoms with E-state index in [9.17, 15) is 0 Å². The van der Waals surface area contributed by atoms with E-state index in [-0.39, 0.29) is 6.04 Å². The maximum absolute atomic E-state index is 6.23. The van der Waals surface area contributed by atoms with Crippen molar-refractivity contribution in [1.29, 1.82) is 0 Å². The van der Waals surface area contributed by atoms with Crippen LogP contribution in [0.4, 0.5) is 0 Å². The first-order valence-electron chi connectivity index (χ1n) is 5.54. The van der Waals surface area contributed by atoms with Crippen molar-refractivity contribution in [3.63, 3.8) is 0 Å². The van der Waals surface area contributed by atoms with Crippen LogP contribution in [-0.4, -0.2) is 9.78 Å². The first-order valence-corrected chi connectivity index (χ1v) is 5.92. The van der Waals surface area contributed by atoms with Gasteiger partial charge in [0.05, 0.1) is 6.20 Å². The molecule has 2 N–H and O–H groups in total. The number of hydrogen-bond acceptors (Lipinski definition) is 2. The molecule has 0 amide bonds. The third-order valence-corrected chi connectivity index (χ3v) is 3.36. The van der Waals surface area contributed by atoms with Gasteiger partial charge in [-0.25, -0.2) is 0 Å². The molecule has 90 valence electrons. The molecule has 0 bridgehead atoms. The maximum Gasteiger partial charge on any atom is 0.0571 e. The Kier molecular flexibility index (Phi) is 3.22. The summed E-state index contributed by atoms with van der Waals surface area (Å²) in [4.78, 5) is 0. The smallest absolute Gasteiger partial charge is 0.0571 e. The molecule has 1 aromatic heterocycles. The van der Waals surface area contributed by atoms with Crippen molar-refractivity contribution in [3.05, 3.63) is 40.7 Å². The van der Waals surface area contributed by atoms with E-state index in [1.54, 1.807) is 0 Å². The quantitative estimate of drug-likeness (QED) is 0.889. The van der Waals surface area contributed by atoms with Gasteiger partial charge in [-0.3, -0.25) is 4.68 Å². The molecule has 1 aromatic carbocycles. The lowest BCUT2D eigenvalue weighted by Gasteiger charge is -2.10. The van der Waals surface area contributed by atoms with Crippen LogP contribution >= 0.6 is 11.6 Å². The number of nitrogens with two attached hydrogens (primary N) is 1. The van der Waals surface area contributed by atoms with Gasteiger partial charge in [0.2, 0.25) is 0 Å². The number of rotatable bonds is 2. The van der Waals surface area contributed by atoms with Gasteiger partial charge >= 0.3 is 0 Å². The van der Waals surface area contributed by atoms with Crippen molar-refractivity contribution in [1.82, 2.24) is 9.78 Å². The largest absolute Gasteiger partial charge is 0.324 e. The third kappa shape index (κ3) is 2.21. The van der Waals surface area contributed by atoms with Crippen LogP contribution in [0.3, 0.4) is 0 Å². The van der Waals surface area contributed by atoms with Crippen molar-refractivity contribution in [3.8, 4) is 11.1 Å². The summed E-state index contributed by atoms with van der Waals surface area (Å²) in [5, 5.41) is 4.94. The molecule has 3 nitrogen and oxygen atoms in total. The molecular weight excluding hydrogens is 234 g/mol. The van der Waals surface area contributed by atoms with Gasteiger partial charge in [-0.2, -0.15) is 5.10 Å². The second-order valence-corrected chi connectivity index (χ2v) is 4.70. The number of halogens is 1. The number of nitrogens with zero attached hydrogens (tertiary/aromatic N) is 2. The lowest BCUT2D eigenvalue weighted by atomic mass is 10.0. The van der Waals surface area contributed by atoms with Crippen molar-refractivity contribution < 1.29 is 0 Å². The second-order valence-electron chi connectivity index (χ2n) is 4.29. The predicted molar refractivity (Wildman–Crippen MR) is 71.0 cm³/mol.